The molecular weight excluding hydrogens is 202 g/mol. The molecule has 1 N–H and O–H groups in total. The molecule has 0 bridgehead atoms. The average Bonchev–Trinajstić information content (AvgIpc) is 2.31. The summed E-state index contributed by atoms with van der Waals surface area (Å²) in [6.07, 6.45) is 4.66. The summed E-state index contributed by atoms with van der Waals surface area (Å²) in [6, 6.07) is 3.33. The first-order valence-corrected chi connectivity index (χ1v) is 6.08. The molecule has 0 fully saturated rings. The molecule has 1 rings (SSSR count). The van der Waals surface area contributed by atoms with E-state index in [2.05, 4.69) is 28.9 Å². The largest absolute Gasteiger partial charge is 0.355 e. The summed E-state index contributed by atoms with van der Waals surface area (Å²) in [7, 11) is 0. The zero-order valence-corrected chi connectivity index (χ0v) is 10.2. The van der Waals surface area contributed by atoms with Gasteiger partial charge in [0.15, 0.2) is 0 Å². The molecule has 0 amide bonds. The number of unbranched alkanes of at least 4 members (excludes halogenated alkanes) is 2. The van der Waals surface area contributed by atoms with Crippen LogP contribution in [0, 0.1) is 0 Å². The summed E-state index contributed by atoms with van der Waals surface area (Å²) >= 11 is 0. The zero-order chi connectivity index (χ0) is 11.8. The molecule has 4 heteroatoms. The second-order valence-corrected chi connectivity index (χ2v) is 3.97. The maximum absolute atomic E-state index is 10.9. The van der Waals surface area contributed by atoms with Crippen molar-refractivity contribution in [3.05, 3.63) is 22.5 Å². The minimum atomic E-state index is -0.144. The number of nitrogens with zero attached hydrogens (tertiary/aromatic N) is 2. The van der Waals surface area contributed by atoms with Gasteiger partial charge in [-0.1, -0.05) is 26.7 Å². The lowest BCUT2D eigenvalue weighted by atomic mass is 10.2. The van der Waals surface area contributed by atoms with E-state index in [1.54, 1.807) is 6.07 Å². The van der Waals surface area contributed by atoms with Crippen molar-refractivity contribution in [3.63, 3.8) is 0 Å². The van der Waals surface area contributed by atoms with Gasteiger partial charge in [0.1, 0.15) is 5.82 Å². The van der Waals surface area contributed by atoms with Crippen LogP contribution < -0.4 is 10.5 Å². The van der Waals surface area contributed by atoms with Crippen LogP contribution in [0.2, 0.25) is 0 Å². The number of rotatable bonds is 7. The van der Waals surface area contributed by atoms with Gasteiger partial charge < -0.3 is 4.90 Å². The number of H-pyrrole nitrogens is 1. The van der Waals surface area contributed by atoms with Crippen molar-refractivity contribution < 1.29 is 0 Å². The molecule has 1 heterocycles. The number of hydrogen-bond acceptors (Lipinski definition) is 3. The monoisotopic (exact) mass is 223 g/mol. The highest BCUT2D eigenvalue weighted by Gasteiger charge is 2.06. The van der Waals surface area contributed by atoms with E-state index in [0.717, 1.165) is 31.7 Å². The van der Waals surface area contributed by atoms with Crippen LogP contribution in [0.3, 0.4) is 0 Å². The van der Waals surface area contributed by atoms with Crippen LogP contribution in [-0.2, 0) is 0 Å². The number of hydrogen-bond donors (Lipinski definition) is 1. The third-order valence-electron chi connectivity index (χ3n) is 2.55. The minimum Gasteiger partial charge on any atom is -0.355 e. The Morgan fingerprint density at radius 2 is 1.81 bits per heavy atom. The van der Waals surface area contributed by atoms with Crippen LogP contribution in [0.15, 0.2) is 16.9 Å². The smallest absolute Gasteiger partial charge is 0.264 e. The Balaban J connectivity index is 2.66. The fourth-order valence-electron chi connectivity index (χ4n) is 1.55. The van der Waals surface area contributed by atoms with Crippen LogP contribution in [0.25, 0.3) is 0 Å². The van der Waals surface area contributed by atoms with E-state index in [1.807, 2.05) is 0 Å². The van der Waals surface area contributed by atoms with Crippen LogP contribution in [0.4, 0.5) is 5.82 Å². The van der Waals surface area contributed by atoms with Gasteiger partial charge in [0.2, 0.25) is 0 Å². The van der Waals surface area contributed by atoms with Crippen molar-refractivity contribution in [2.75, 3.05) is 18.0 Å². The standard InChI is InChI=1S/C12H21N3O/c1-3-5-9-15(10-6-4-2)11-7-8-12(16)14-13-11/h7-8H,3-6,9-10H2,1-2H3,(H,14,16). The first-order chi connectivity index (χ1) is 7.77. The third-order valence-corrected chi connectivity index (χ3v) is 2.55. The second-order valence-electron chi connectivity index (χ2n) is 3.97. The van der Waals surface area contributed by atoms with Gasteiger partial charge in [-0.25, -0.2) is 5.10 Å². The Morgan fingerprint density at radius 1 is 1.19 bits per heavy atom. The highest BCUT2D eigenvalue weighted by molar-refractivity contribution is 5.35. The van der Waals surface area contributed by atoms with E-state index in [9.17, 15) is 4.79 Å². The van der Waals surface area contributed by atoms with Crippen molar-refractivity contribution in [1.29, 1.82) is 0 Å². The van der Waals surface area contributed by atoms with Crippen LogP contribution >= 0.6 is 0 Å². The van der Waals surface area contributed by atoms with Gasteiger partial charge >= 0.3 is 0 Å². The lowest BCUT2D eigenvalue weighted by Crippen LogP contribution is -2.27. The van der Waals surface area contributed by atoms with Gasteiger partial charge in [0.05, 0.1) is 0 Å². The van der Waals surface area contributed by atoms with E-state index in [-0.39, 0.29) is 5.56 Å². The molecule has 1 aromatic rings. The zero-order valence-electron chi connectivity index (χ0n) is 10.2. The fourth-order valence-corrected chi connectivity index (χ4v) is 1.55. The molecule has 0 unspecified atom stereocenters. The molecule has 0 aromatic carbocycles. The first-order valence-electron chi connectivity index (χ1n) is 6.08. The third kappa shape index (κ3) is 4.04. The average molecular weight is 223 g/mol. The molecule has 0 atom stereocenters. The highest BCUT2D eigenvalue weighted by Crippen LogP contribution is 2.09. The Hall–Kier alpha value is -1.32. The van der Waals surface area contributed by atoms with Gasteiger partial charge in [-0.05, 0) is 18.9 Å². The summed E-state index contributed by atoms with van der Waals surface area (Å²) in [6.45, 7) is 6.38. The summed E-state index contributed by atoms with van der Waals surface area (Å²) in [4.78, 5) is 13.2. The van der Waals surface area contributed by atoms with Crippen molar-refractivity contribution in [3.8, 4) is 0 Å². The Bertz CT molecular complexity index is 320. The SMILES string of the molecule is CCCCN(CCCC)c1ccc(=O)[nH]n1. The van der Waals surface area contributed by atoms with Crippen molar-refractivity contribution in [2.45, 2.75) is 39.5 Å². The molecule has 0 saturated carbocycles. The number of anilines is 1. The maximum Gasteiger partial charge on any atom is 0.264 e. The van der Waals surface area contributed by atoms with Crippen LogP contribution in [0.1, 0.15) is 39.5 Å². The highest BCUT2D eigenvalue weighted by atomic mass is 16.1. The normalized spacial score (nSPS) is 10.4. The maximum atomic E-state index is 10.9. The quantitative estimate of drug-likeness (QED) is 0.770. The topological polar surface area (TPSA) is 49.0 Å². The molecule has 0 saturated heterocycles. The second kappa shape index (κ2) is 7.04. The molecule has 0 spiro atoms. The fraction of sp³-hybridized carbons (Fsp3) is 0.667. The van der Waals surface area contributed by atoms with Crippen molar-refractivity contribution in [1.82, 2.24) is 10.2 Å². The summed E-state index contributed by atoms with van der Waals surface area (Å²) in [5.74, 6) is 0.876. The molecule has 0 aliphatic carbocycles. The van der Waals surface area contributed by atoms with Gasteiger partial charge in [0, 0.05) is 19.2 Å². The van der Waals surface area contributed by atoms with Crippen LogP contribution in [-0.4, -0.2) is 23.3 Å². The Labute approximate surface area is 96.7 Å². The summed E-state index contributed by atoms with van der Waals surface area (Å²) in [5, 5.41) is 6.56. The van der Waals surface area contributed by atoms with Gasteiger partial charge in [-0.2, -0.15) is 5.10 Å². The van der Waals surface area contributed by atoms with Crippen molar-refractivity contribution in [2.24, 2.45) is 0 Å². The molecule has 4 nitrogen and oxygen atoms in total. The summed E-state index contributed by atoms with van der Waals surface area (Å²) < 4.78 is 0. The predicted octanol–water partition coefficient (Wildman–Crippen LogP) is 2.18. The molecule has 0 aliphatic rings. The molecule has 1 aromatic heterocycles. The van der Waals surface area contributed by atoms with E-state index >= 15 is 0 Å². The summed E-state index contributed by atoms with van der Waals surface area (Å²) in [5.41, 5.74) is -0.144. The van der Waals surface area contributed by atoms with Gasteiger partial charge in [0.25, 0.3) is 5.56 Å². The number of aromatic amines is 1. The lowest BCUT2D eigenvalue weighted by molar-refractivity contribution is 0.666. The molecule has 0 radical (unpaired) electrons. The Morgan fingerprint density at radius 3 is 2.25 bits per heavy atom. The van der Waals surface area contributed by atoms with Crippen LogP contribution in [0.5, 0.6) is 0 Å². The molecule has 16 heavy (non-hydrogen) atoms. The number of nitrogens with one attached hydrogen (secondary N) is 1. The molecular formula is C12H21N3O. The van der Waals surface area contributed by atoms with Gasteiger partial charge in [-0.3, -0.25) is 4.79 Å². The number of aromatic nitrogens is 2. The molecule has 0 aliphatic heterocycles. The lowest BCUT2D eigenvalue weighted by Gasteiger charge is -2.22. The first kappa shape index (κ1) is 12.7. The van der Waals surface area contributed by atoms with Gasteiger partial charge in [-0.15, -0.1) is 0 Å². The van der Waals surface area contributed by atoms with E-state index in [4.69, 9.17) is 0 Å². The minimum absolute atomic E-state index is 0.144. The van der Waals surface area contributed by atoms with E-state index in [1.165, 1.54) is 18.9 Å². The Kier molecular flexibility index (Phi) is 5.61. The van der Waals surface area contributed by atoms with E-state index < -0.39 is 0 Å². The van der Waals surface area contributed by atoms with E-state index in [0.29, 0.717) is 0 Å². The van der Waals surface area contributed by atoms with Crippen molar-refractivity contribution >= 4 is 5.82 Å². The molecule has 90 valence electrons. The predicted molar refractivity (Wildman–Crippen MR) is 66.9 cm³/mol.